The van der Waals surface area contributed by atoms with Gasteiger partial charge in [0.05, 0.1) is 12.1 Å². The number of carbonyl (C=O) groups is 1. The number of hydrogen-bond donors (Lipinski definition) is 1. The zero-order chi connectivity index (χ0) is 16.1. The second-order valence-electron chi connectivity index (χ2n) is 6.27. The fourth-order valence-electron chi connectivity index (χ4n) is 2.62. The van der Waals surface area contributed by atoms with Crippen LogP contribution in [0.15, 0.2) is 0 Å². The first kappa shape index (κ1) is 17.7. The van der Waals surface area contributed by atoms with Crippen LogP contribution in [0, 0.1) is 19.8 Å². The molecule has 1 atom stereocenters. The molecule has 22 heavy (non-hydrogen) atoms. The summed E-state index contributed by atoms with van der Waals surface area (Å²) in [7, 11) is 0. The van der Waals surface area contributed by atoms with E-state index >= 15 is 0 Å². The lowest BCUT2D eigenvalue weighted by molar-refractivity contribution is -0.120. The molecule has 1 aromatic rings. The molecule has 1 aliphatic rings. The highest BCUT2D eigenvalue weighted by Gasteiger charge is 2.18. The standard InChI is InChI=1S/C16H27N3OS2/c1-11(2)9-19-13(4)15(12(3)18-19)7-16(20)17-8-14-10-21-5-6-22-14/h11,14H,5-10H2,1-4H3,(H,17,20). The minimum Gasteiger partial charge on any atom is -0.355 e. The molecule has 124 valence electrons. The Bertz CT molecular complexity index is 508. The third kappa shape index (κ3) is 4.95. The minimum atomic E-state index is 0.117. The number of aryl methyl sites for hydroxylation is 1. The van der Waals surface area contributed by atoms with Crippen LogP contribution >= 0.6 is 23.5 Å². The highest BCUT2D eigenvalue weighted by Crippen LogP contribution is 2.23. The lowest BCUT2D eigenvalue weighted by atomic mass is 10.1. The number of nitrogens with zero attached hydrogens (tertiary/aromatic N) is 2. The Labute approximate surface area is 142 Å². The van der Waals surface area contributed by atoms with Gasteiger partial charge in [-0.25, -0.2) is 0 Å². The van der Waals surface area contributed by atoms with Gasteiger partial charge in [0.2, 0.25) is 5.91 Å². The number of nitrogens with one attached hydrogen (secondary N) is 1. The maximum Gasteiger partial charge on any atom is 0.224 e. The van der Waals surface area contributed by atoms with Crippen molar-refractivity contribution in [3.05, 3.63) is 17.0 Å². The Morgan fingerprint density at radius 1 is 1.41 bits per heavy atom. The smallest absolute Gasteiger partial charge is 0.224 e. The topological polar surface area (TPSA) is 46.9 Å². The van der Waals surface area contributed by atoms with Crippen LogP contribution in [0.5, 0.6) is 0 Å². The van der Waals surface area contributed by atoms with Crippen molar-refractivity contribution in [2.24, 2.45) is 5.92 Å². The van der Waals surface area contributed by atoms with Gasteiger partial charge >= 0.3 is 0 Å². The Morgan fingerprint density at radius 2 is 2.18 bits per heavy atom. The predicted molar refractivity (Wildman–Crippen MR) is 96.8 cm³/mol. The molecule has 1 N–H and O–H groups in total. The van der Waals surface area contributed by atoms with Gasteiger partial charge in [-0.3, -0.25) is 9.48 Å². The molecule has 1 amide bonds. The zero-order valence-corrected chi connectivity index (χ0v) is 15.6. The second-order valence-corrected chi connectivity index (χ2v) is 8.83. The molecule has 2 heterocycles. The van der Waals surface area contributed by atoms with Gasteiger partial charge in [0.1, 0.15) is 0 Å². The molecule has 2 rings (SSSR count). The van der Waals surface area contributed by atoms with Gasteiger partial charge in [-0.1, -0.05) is 13.8 Å². The van der Waals surface area contributed by atoms with Crippen LogP contribution in [0.1, 0.15) is 30.8 Å². The molecule has 4 nitrogen and oxygen atoms in total. The summed E-state index contributed by atoms with van der Waals surface area (Å²) in [5.41, 5.74) is 3.20. The fourth-order valence-corrected chi connectivity index (χ4v) is 5.23. The largest absolute Gasteiger partial charge is 0.355 e. The van der Waals surface area contributed by atoms with Crippen molar-refractivity contribution in [1.82, 2.24) is 15.1 Å². The van der Waals surface area contributed by atoms with Gasteiger partial charge < -0.3 is 5.32 Å². The molecule has 1 saturated heterocycles. The third-order valence-electron chi connectivity index (χ3n) is 3.82. The predicted octanol–water partition coefficient (Wildman–Crippen LogP) is 2.66. The highest BCUT2D eigenvalue weighted by molar-refractivity contribution is 8.06. The van der Waals surface area contributed by atoms with Crippen molar-refractivity contribution >= 4 is 29.4 Å². The van der Waals surface area contributed by atoms with E-state index in [9.17, 15) is 4.79 Å². The third-order valence-corrected chi connectivity index (χ3v) is 6.66. The van der Waals surface area contributed by atoms with E-state index in [0.717, 1.165) is 35.8 Å². The molecule has 0 aromatic carbocycles. The SMILES string of the molecule is Cc1nn(CC(C)C)c(C)c1CC(=O)NCC1CSCCS1. The highest BCUT2D eigenvalue weighted by atomic mass is 32.2. The Kier molecular flexibility index (Phi) is 6.68. The van der Waals surface area contributed by atoms with E-state index < -0.39 is 0 Å². The summed E-state index contributed by atoms with van der Waals surface area (Å²) in [5, 5.41) is 8.24. The van der Waals surface area contributed by atoms with Crippen LogP contribution in [-0.4, -0.2) is 44.7 Å². The molecule has 0 saturated carbocycles. The van der Waals surface area contributed by atoms with Crippen LogP contribution in [0.25, 0.3) is 0 Å². The molecule has 0 radical (unpaired) electrons. The maximum absolute atomic E-state index is 12.2. The summed E-state index contributed by atoms with van der Waals surface area (Å²) in [6.45, 7) is 10.1. The summed E-state index contributed by atoms with van der Waals surface area (Å²) in [6.07, 6.45) is 0.445. The Hall–Kier alpha value is -0.620. The Morgan fingerprint density at radius 3 is 2.82 bits per heavy atom. The number of hydrogen-bond acceptors (Lipinski definition) is 4. The minimum absolute atomic E-state index is 0.117. The maximum atomic E-state index is 12.2. The average molecular weight is 342 g/mol. The van der Waals surface area contributed by atoms with Gasteiger partial charge in [-0.05, 0) is 19.8 Å². The van der Waals surface area contributed by atoms with Crippen molar-refractivity contribution in [3.63, 3.8) is 0 Å². The first-order valence-corrected chi connectivity index (χ1v) is 10.2. The molecule has 1 aliphatic heterocycles. The molecular weight excluding hydrogens is 314 g/mol. The van der Waals surface area contributed by atoms with Crippen LogP contribution in [0.2, 0.25) is 0 Å². The molecule has 1 fully saturated rings. The quantitative estimate of drug-likeness (QED) is 0.864. The average Bonchev–Trinajstić information content (AvgIpc) is 2.73. The molecule has 1 unspecified atom stereocenters. The monoisotopic (exact) mass is 341 g/mol. The van der Waals surface area contributed by atoms with Gasteiger partial charge in [0.25, 0.3) is 0 Å². The van der Waals surface area contributed by atoms with Gasteiger partial charge in [0, 0.05) is 46.9 Å². The molecule has 0 bridgehead atoms. The van der Waals surface area contributed by atoms with Gasteiger partial charge in [-0.15, -0.1) is 0 Å². The summed E-state index contributed by atoms with van der Waals surface area (Å²) < 4.78 is 2.04. The zero-order valence-electron chi connectivity index (χ0n) is 14.0. The van der Waals surface area contributed by atoms with E-state index in [1.54, 1.807) is 0 Å². The van der Waals surface area contributed by atoms with Crippen LogP contribution in [0.3, 0.4) is 0 Å². The van der Waals surface area contributed by atoms with Crippen molar-refractivity contribution < 1.29 is 4.79 Å². The van der Waals surface area contributed by atoms with Crippen molar-refractivity contribution in [1.29, 1.82) is 0 Å². The second kappa shape index (κ2) is 8.29. The van der Waals surface area contributed by atoms with Crippen molar-refractivity contribution in [3.8, 4) is 0 Å². The Balaban J connectivity index is 1.89. The number of carbonyl (C=O) groups excluding carboxylic acids is 1. The molecule has 6 heteroatoms. The lowest BCUT2D eigenvalue weighted by Crippen LogP contribution is -2.34. The summed E-state index contributed by atoms with van der Waals surface area (Å²) in [4.78, 5) is 12.2. The molecule has 0 spiro atoms. The number of rotatable bonds is 6. The van der Waals surface area contributed by atoms with E-state index in [-0.39, 0.29) is 5.91 Å². The van der Waals surface area contributed by atoms with E-state index in [4.69, 9.17) is 0 Å². The first-order chi connectivity index (χ1) is 10.5. The van der Waals surface area contributed by atoms with E-state index in [1.165, 1.54) is 11.5 Å². The van der Waals surface area contributed by atoms with Crippen molar-refractivity contribution in [2.75, 3.05) is 23.8 Å². The van der Waals surface area contributed by atoms with Gasteiger partial charge in [0.15, 0.2) is 0 Å². The van der Waals surface area contributed by atoms with E-state index in [0.29, 0.717) is 17.6 Å². The number of amides is 1. The molecule has 0 aliphatic carbocycles. The van der Waals surface area contributed by atoms with Crippen LogP contribution in [-0.2, 0) is 17.8 Å². The van der Waals surface area contributed by atoms with E-state index in [2.05, 4.69) is 31.2 Å². The molecular formula is C16H27N3OS2. The fraction of sp³-hybridized carbons (Fsp3) is 0.750. The molecule has 1 aromatic heterocycles. The first-order valence-electron chi connectivity index (χ1n) is 7.96. The number of thioether (sulfide) groups is 2. The number of aromatic nitrogens is 2. The normalized spacial score (nSPS) is 18.7. The summed E-state index contributed by atoms with van der Waals surface area (Å²) in [5.74, 6) is 4.26. The summed E-state index contributed by atoms with van der Waals surface area (Å²) >= 11 is 3.96. The van der Waals surface area contributed by atoms with Crippen LogP contribution in [0.4, 0.5) is 0 Å². The lowest BCUT2D eigenvalue weighted by Gasteiger charge is -2.21. The summed E-state index contributed by atoms with van der Waals surface area (Å²) in [6, 6.07) is 0. The van der Waals surface area contributed by atoms with E-state index in [1.807, 2.05) is 35.1 Å². The van der Waals surface area contributed by atoms with Gasteiger partial charge in [-0.2, -0.15) is 28.6 Å². The van der Waals surface area contributed by atoms with Crippen molar-refractivity contribution in [2.45, 2.75) is 45.9 Å². The van der Waals surface area contributed by atoms with Crippen LogP contribution < -0.4 is 5.32 Å².